The summed E-state index contributed by atoms with van der Waals surface area (Å²) >= 11 is 0. The monoisotopic (exact) mass is 347 g/mol. The molecule has 25 heavy (non-hydrogen) atoms. The highest BCUT2D eigenvalue weighted by molar-refractivity contribution is 5.90. The highest BCUT2D eigenvalue weighted by Crippen LogP contribution is 2.17. The van der Waals surface area contributed by atoms with Crippen LogP contribution in [-0.2, 0) is 17.8 Å². The van der Waals surface area contributed by atoms with Crippen LogP contribution in [0, 0.1) is 6.92 Å². The van der Waals surface area contributed by atoms with Crippen molar-refractivity contribution in [1.29, 1.82) is 0 Å². The molecule has 1 aliphatic heterocycles. The molecule has 8 heteroatoms. The van der Waals surface area contributed by atoms with Crippen molar-refractivity contribution in [2.75, 3.05) is 32.0 Å². The average Bonchev–Trinajstić information content (AvgIpc) is 3.29. The van der Waals surface area contributed by atoms with E-state index >= 15 is 0 Å². The summed E-state index contributed by atoms with van der Waals surface area (Å²) in [5, 5.41) is 6.49. The number of aryl methyl sites for hydroxylation is 2. The van der Waals surface area contributed by atoms with E-state index in [9.17, 15) is 4.79 Å². The average molecular weight is 347 g/mol. The van der Waals surface area contributed by atoms with Crippen molar-refractivity contribution in [1.82, 2.24) is 19.9 Å². The molecule has 0 radical (unpaired) electrons. The van der Waals surface area contributed by atoms with Crippen LogP contribution in [0.1, 0.15) is 30.7 Å². The lowest BCUT2D eigenvalue weighted by atomic mass is 10.2. The van der Waals surface area contributed by atoms with Gasteiger partial charge < -0.3 is 8.94 Å². The van der Waals surface area contributed by atoms with Crippen LogP contribution < -0.4 is 5.32 Å². The third kappa shape index (κ3) is 4.67. The van der Waals surface area contributed by atoms with Gasteiger partial charge in [0.05, 0.1) is 25.0 Å². The Morgan fingerprint density at radius 1 is 1.52 bits per heavy atom. The maximum atomic E-state index is 12.1. The second-order valence-electron chi connectivity index (χ2n) is 6.55. The first-order valence-corrected chi connectivity index (χ1v) is 8.63. The van der Waals surface area contributed by atoms with Crippen molar-refractivity contribution >= 4 is 11.8 Å². The maximum absolute atomic E-state index is 12.1. The minimum absolute atomic E-state index is 0.0836. The fraction of sp³-hybridized carbons (Fsp3) is 0.588. The van der Waals surface area contributed by atoms with Crippen molar-refractivity contribution in [2.24, 2.45) is 0 Å². The lowest BCUT2D eigenvalue weighted by Gasteiger charge is -2.23. The molecule has 2 aromatic heterocycles. The molecule has 2 aromatic rings. The molecule has 1 amide bonds. The second-order valence-corrected chi connectivity index (χ2v) is 6.55. The van der Waals surface area contributed by atoms with Crippen LogP contribution in [0.4, 0.5) is 5.88 Å². The Morgan fingerprint density at radius 2 is 2.36 bits per heavy atom. The molecular formula is C17H25N5O3. The Kier molecular flexibility index (Phi) is 5.50. The van der Waals surface area contributed by atoms with Crippen molar-refractivity contribution in [3.05, 3.63) is 29.6 Å². The summed E-state index contributed by atoms with van der Waals surface area (Å²) in [4.78, 5) is 20.8. The van der Waals surface area contributed by atoms with Crippen molar-refractivity contribution < 1.29 is 13.7 Å². The van der Waals surface area contributed by atoms with Crippen LogP contribution in [-0.4, -0.2) is 58.6 Å². The molecule has 3 rings (SSSR count). The number of hydrogen-bond acceptors (Lipinski definition) is 7. The Bertz CT molecular complexity index is 711. The number of rotatable bonds is 7. The summed E-state index contributed by atoms with van der Waals surface area (Å²) in [6.07, 6.45) is 3.67. The van der Waals surface area contributed by atoms with Crippen molar-refractivity contribution in [3.8, 4) is 0 Å². The SMILES string of the molecule is CCc1cnc(CN(C)[C@@H]2CCN(CC(=O)Nc3cc(C)no3)C2)o1. The number of likely N-dealkylation sites (tertiary alicyclic amines) is 1. The highest BCUT2D eigenvalue weighted by Gasteiger charge is 2.27. The van der Waals surface area contributed by atoms with Gasteiger partial charge in [-0.25, -0.2) is 4.98 Å². The Balaban J connectivity index is 1.45. The molecule has 136 valence electrons. The number of nitrogens with one attached hydrogen (secondary N) is 1. The van der Waals surface area contributed by atoms with Crippen molar-refractivity contribution in [2.45, 2.75) is 39.3 Å². The fourth-order valence-corrected chi connectivity index (χ4v) is 3.05. The minimum Gasteiger partial charge on any atom is -0.444 e. The zero-order valence-corrected chi connectivity index (χ0v) is 15.0. The van der Waals surface area contributed by atoms with E-state index in [1.807, 2.05) is 13.8 Å². The molecule has 0 saturated carbocycles. The number of carbonyl (C=O) groups is 1. The lowest BCUT2D eigenvalue weighted by Crippen LogP contribution is -2.36. The predicted octanol–water partition coefficient (Wildman–Crippen LogP) is 1.68. The normalized spacial score (nSPS) is 18.2. The fourth-order valence-electron chi connectivity index (χ4n) is 3.05. The Hall–Kier alpha value is -2.19. The van der Waals surface area contributed by atoms with Crippen LogP contribution in [0.3, 0.4) is 0 Å². The number of oxazole rings is 1. The van der Waals surface area contributed by atoms with Gasteiger partial charge in [-0.1, -0.05) is 12.1 Å². The van der Waals surface area contributed by atoms with Gasteiger partial charge in [0.25, 0.3) is 0 Å². The number of hydrogen-bond donors (Lipinski definition) is 1. The van der Waals surface area contributed by atoms with Gasteiger partial charge in [-0.2, -0.15) is 0 Å². The predicted molar refractivity (Wildman–Crippen MR) is 92.1 cm³/mol. The summed E-state index contributed by atoms with van der Waals surface area (Å²) in [5.41, 5.74) is 0.746. The Labute approximate surface area is 147 Å². The summed E-state index contributed by atoms with van der Waals surface area (Å²) in [6, 6.07) is 2.09. The third-order valence-electron chi connectivity index (χ3n) is 4.46. The zero-order chi connectivity index (χ0) is 17.8. The first kappa shape index (κ1) is 17.6. The van der Waals surface area contributed by atoms with E-state index in [-0.39, 0.29) is 5.91 Å². The third-order valence-corrected chi connectivity index (χ3v) is 4.46. The molecule has 1 atom stereocenters. The van der Waals surface area contributed by atoms with E-state index in [0.29, 0.717) is 25.0 Å². The van der Waals surface area contributed by atoms with Gasteiger partial charge in [0.2, 0.25) is 17.7 Å². The zero-order valence-electron chi connectivity index (χ0n) is 15.0. The van der Waals surface area contributed by atoms with Gasteiger partial charge in [-0.05, 0) is 20.4 Å². The topological polar surface area (TPSA) is 87.6 Å². The van der Waals surface area contributed by atoms with Crippen LogP contribution in [0.25, 0.3) is 0 Å². The molecule has 0 unspecified atom stereocenters. The largest absolute Gasteiger partial charge is 0.444 e. The van der Waals surface area contributed by atoms with Gasteiger partial charge in [0, 0.05) is 31.6 Å². The number of amides is 1. The molecule has 0 bridgehead atoms. The summed E-state index contributed by atoms with van der Waals surface area (Å²) in [6.45, 7) is 6.64. The molecule has 0 spiro atoms. The number of likely N-dealkylation sites (N-methyl/N-ethyl adjacent to an activating group) is 1. The molecule has 1 aliphatic rings. The first-order chi connectivity index (χ1) is 12.0. The van der Waals surface area contributed by atoms with E-state index in [1.54, 1.807) is 12.3 Å². The van der Waals surface area contributed by atoms with Crippen LogP contribution >= 0.6 is 0 Å². The minimum atomic E-state index is -0.0836. The lowest BCUT2D eigenvalue weighted by molar-refractivity contribution is -0.117. The van der Waals surface area contributed by atoms with Gasteiger partial charge in [0.15, 0.2) is 0 Å². The Morgan fingerprint density at radius 3 is 3.04 bits per heavy atom. The summed E-state index contributed by atoms with van der Waals surface area (Å²) in [5.74, 6) is 1.97. The number of anilines is 1. The van der Waals surface area contributed by atoms with Gasteiger partial charge in [0.1, 0.15) is 5.76 Å². The van der Waals surface area contributed by atoms with E-state index < -0.39 is 0 Å². The molecule has 1 N–H and O–H groups in total. The summed E-state index contributed by atoms with van der Waals surface area (Å²) < 4.78 is 10.7. The van der Waals surface area contributed by atoms with Gasteiger partial charge in [-0.15, -0.1) is 0 Å². The van der Waals surface area contributed by atoms with E-state index in [4.69, 9.17) is 8.94 Å². The standard InChI is InChI=1S/C17H25N5O3/c1-4-14-8-18-17(24-14)11-21(3)13-5-6-22(9-13)10-15(23)19-16-7-12(2)20-25-16/h7-8,13H,4-6,9-11H2,1-3H3,(H,19,23)/t13-/m1/s1. The molecule has 3 heterocycles. The second kappa shape index (κ2) is 7.79. The highest BCUT2D eigenvalue weighted by atomic mass is 16.5. The number of carbonyl (C=O) groups excluding carboxylic acids is 1. The quantitative estimate of drug-likeness (QED) is 0.815. The van der Waals surface area contributed by atoms with Crippen LogP contribution in [0.15, 0.2) is 21.2 Å². The van der Waals surface area contributed by atoms with E-state index in [0.717, 1.165) is 43.3 Å². The molecule has 0 aromatic carbocycles. The van der Waals surface area contributed by atoms with Crippen LogP contribution in [0.2, 0.25) is 0 Å². The smallest absolute Gasteiger partial charge is 0.240 e. The van der Waals surface area contributed by atoms with Gasteiger partial charge >= 0.3 is 0 Å². The molecule has 8 nitrogen and oxygen atoms in total. The number of aromatic nitrogens is 2. The number of nitrogens with zero attached hydrogens (tertiary/aromatic N) is 4. The van der Waals surface area contributed by atoms with E-state index in [2.05, 4.69) is 32.3 Å². The summed E-state index contributed by atoms with van der Waals surface area (Å²) in [7, 11) is 2.07. The maximum Gasteiger partial charge on any atom is 0.240 e. The molecule has 1 saturated heterocycles. The molecular weight excluding hydrogens is 322 g/mol. The molecule has 1 fully saturated rings. The van der Waals surface area contributed by atoms with Crippen LogP contribution in [0.5, 0.6) is 0 Å². The molecule has 0 aliphatic carbocycles. The van der Waals surface area contributed by atoms with Crippen molar-refractivity contribution in [3.63, 3.8) is 0 Å². The first-order valence-electron chi connectivity index (χ1n) is 8.63. The van der Waals surface area contributed by atoms with E-state index in [1.165, 1.54) is 0 Å². The van der Waals surface area contributed by atoms with Gasteiger partial charge in [-0.3, -0.25) is 19.9 Å².